The molecular formula is C25H34N8. The third-order valence-electron chi connectivity index (χ3n) is 5.94. The lowest BCUT2D eigenvalue weighted by molar-refractivity contribution is 0.520. The smallest absolute Gasteiger partial charge is 0.220 e. The van der Waals surface area contributed by atoms with E-state index in [9.17, 15) is 0 Å². The molecule has 4 N–H and O–H groups in total. The Balaban J connectivity index is 0.000000376. The molecule has 1 fully saturated rings. The quantitative estimate of drug-likeness (QED) is 0.376. The van der Waals surface area contributed by atoms with Crippen molar-refractivity contribution in [2.75, 3.05) is 30.7 Å². The van der Waals surface area contributed by atoms with Gasteiger partial charge >= 0.3 is 0 Å². The Labute approximate surface area is 195 Å². The van der Waals surface area contributed by atoms with Crippen LogP contribution in [0.3, 0.4) is 0 Å². The van der Waals surface area contributed by atoms with Gasteiger partial charge < -0.3 is 16.4 Å². The minimum atomic E-state index is 0.300. The molecule has 0 amide bonds. The molecule has 8 nitrogen and oxygen atoms in total. The van der Waals surface area contributed by atoms with Gasteiger partial charge in [-0.05, 0) is 68.6 Å². The van der Waals surface area contributed by atoms with Crippen molar-refractivity contribution in [1.29, 1.82) is 0 Å². The normalized spacial score (nSPS) is 13.6. The van der Waals surface area contributed by atoms with Crippen molar-refractivity contribution >= 4 is 28.2 Å². The molecule has 4 aromatic rings. The summed E-state index contributed by atoms with van der Waals surface area (Å²) in [7, 11) is 0. The molecule has 8 heteroatoms. The summed E-state index contributed by atoms with van der Waals surface area (Å²) in [5.41, 5.74) is 10.9. The van der Waals surface area contributed by atoms with Gasteiger partial charge in [0.25, 0.3) is 0 Å². The third-order valence-corrected chi connectivity index (χ3v) is 5.94. The van der Waals surface area contributed by atoms with Gasteiger partial charge in [0.05, 0.1) is 11.2 Å². The SMILES string of the molecule is C1CCNCC1.CCCCNc1ncnn2c(-c3cc(CC)c4nc(N)ncc4c3)ccc12. The molecule has 4 heterocycles. The number of unbranched alkanes of at least 4 members (excludes halogenated alkanes) is 1. The summed E-state index contributed by atoms with van der Waals surface area (Å²) >= 11 is 0. The topological polar surface area (TPSA) is 106 Å². The maximum absolute atomic E-state index is 5.77. The highest BCUT2D eigenvalue weighted by atomic mass is 15.3. The van der Waals surface area contributed by atoms with Gasteiger partial charge in [-0.15, -0.1) is 0 Å². The molecule has 1 aromatic carbocycles. The summed E-state index contributed by atoms with van der Waals surface area (Å²) in [6.45, 7) is 7.69. The molecule has 0 radical (unpaired) electrons. The number of fused-ring (bicyclic) bond motifs is 2. The Hall–Kier alpha value is -3.26. The van der Waals surface area contributed by atoms with E-state index in [-0.39, 0.29) is 0 Å². The second kappa shape index (κ2) is 11.0. The van der Waals surface area contributed by atoms with Gasteiger partial charge in [-0.1, -0.05) is 26.7 Å². The van der Waals surface area contributed by atoms with Crippen molar-refractivity contribution in [3.05, 3.63) is 42.4 Å². The van der Waals surface area contributed by atoms with Crippen LogP contribution in [0.4, 0.5) is 11.8 Å². The third kappa shape index (κ3) is 5.39. The summed E-state index contributed by atoms with van der Waals surface area (Å²) in [4.78, 5) is 13.0. The molecule has 5 rings (SSSR count). The Bertz CT molecular complexity index is 1180. The fourth-order valence-electron chi connectivity index (χ4n) is 4.12. The van der Waals surface area contributed by atoms with Crippen molar-refractivity contribution < 1.29 is 0 Å². The molecule has 1 aliphatic heterocycles. The first-order chi connectivity index (χ1) is 16.2. The first-order valence-corrected chi connectivity index (χ1v) is 12.0. The van der Waals surface area contributed by atoms with Crippen LogP contribution in [-0.4, -0.2) is 44.2 Å². The number of nitrogens with two attached hydrogens (primary N) is 1. The van der Waals surface area contributed by atoms with Crippen molar-refractivity contribution in [1.82, 2.24) is 29.9 Å². The summed E-state index contributed by atoms with van der Waals surface area (Å²) in [5.74, 6) is 1.16. The van der Waals surface area contributed by atoms with Gasteiger partial charge in [0, 0.05) is 23.7 Å². The summed E-state index contributed by atoms with van der Waals surface area (Å²) in [6, 6.07) is 8.37. The number of aromatic nitrogens is 5. The number of nitrogens with one attached hydrogen (secondary N) is 2. The lowest BCUT2D eigenvalue weighted by Gasteiger charge is -2.10. The van der Waals surface area contributed by atoms with E-state index in [1.807, 2.05) is 4.52 Å². The van der Waals surface area contributed by atoms with Crippen LogP contribution in [0.15, 0.2) is 36.8 Å². The largest absolute Gasteiger partial charge is 0.368 e. The second-order valence-corrected chi connectivity index (χ2v) is 8.37. The van der Waals surface area contributed by atoms with Crippen LogP contribution < -0.4 is 16.4 Å². The van der Waals surface area contributed by atoms with Crippen molar-refractivity contribution in [3.63, 3.8) is 0 Å². The fourth-order valence-corrected chi connectivity index (χ4v) is 4.12. The van der Waals surface area contributed by atoms with Crippen LogP contribution in [0.5, 0.6) is 0 Å². The van der Waals surface area contributed by atoms with Gasteiger partial charge in [-0.25, -0.2) is 19.5 Å². The highest BCUT2D eigenvalue weighted by Crippen LogP contribution is 2.29. The molecule has 0 aliphatic carbocycles. The number of benzene rings is 1. The van der Waals surface area contributed by atoms with E-state index in [1.54, 1.807) is 12.5 Å². The molecule has 33 heavy (non-hydrogen) atoms. The number of anilines is 2. The lowest BCUT2D eigenvalue weighted by Crippen LogP contribution is -2.21. The molecule has 174 valence electrons. The van der Waals surface area contributed by atoms with E-state index < -0.39 is 0 Å². The molecule has 0 spiro atoms. The molecule has 1 saturated heterocycles. The summed E-state index contributed by atoms with van der Waals surface area (Å²) < 4.78 is 1.93. The van der Waals surface area contributed by atoms with Crippen LogP contribution in [0, 0.1) is 0 Å². The van der Waals surface area contributed by atoms with E-state index in [1.165, 1.54) is 32.4 Å². The molecule has 1 aliphatic rings. The predicted molar refractivity (Wildman–Crippen MR) is 135 cm³/mol. The Morgan fingerprint density at radius 2 is 1.94 bits per heavy atom. The minimum Gasteiger partial charge on any atom is -0.368 e. The first-order valence-electron chi connectivity index (χ1n) is 12.0. The molecule has 0 atom stereocenters. The van der Waals surface area contributed by atoms with Crippen LogP contribution in [0.1, 0.15) is 51.5 Å². The second-order valence-electron chi connectivity index (χ2n) is 8.37. The Morgan fingerprint density at radius 1 is 1.09 bits per heavy atom. The molecule has 0 saturated carbocycles. The number of piperidine rings is 1. The van der Waals surface area contributed by atoms with Gasteiger partial charge in [-0.2, -0.15) is 5.10 Å². The van der Waals surface area contributed by atoms with Gasteiger partial charge in [0.2, 0.25) is 5.95 Å². The van der Waals surface area contributed by atoms with E-state index >= 15 is 0 Å². The minimum absolute atomic E-state index is 0.300. The van der Waals surface area contributed by atoms with Crippen LogP contribution in [-0.2, 0) is 6.42 Å². The van der Waals surface area contributed by atoms with E-state index in [2.05, 4.69) is 68.8 Å². The zero-order valence-corrected chi connectivity index (χ0v) is 19.6. The highest BCUT2D eigenvalue weighted by molar-refractivity contribution is 5.88. The van der Waals surface area contributed by atoms with Gasteiger partial charge in [-0.3, -0.25) is 0 Å². The van der Waals surface area contributed by atoms with Crippen LogP contribution in [0.2, 0.25) is 0 Å². The number of rotatable bonds is 6. The number of nitrogens with zero attached hydrogens (tertiary/aromatic N) is 5. The van der Waals surface area contributed by atoms with E-state index in [4.69, 9.17) is 5.73 Å². The summed E-state index contributed by atoms with van der Waals surface area (Å²) in [5, 5.41) is 12.1. The predicted octanol–water partition coefficient (Wildman–Crippen LogP) is 4.46. The number of hydrogen-bond donors (Lipinski definition) is 3. The van der Waals surface area contributed by atoms with Crippen molar-refractivity contribution in [2.45, 2.75) is 52.4 Å². The van der Waals surface area contributed by atoms with Gasteiger partial charge in [0.15, 0.2) is 5.82 Å². The Morgan fingerprint density at radius 3 is 2.64 bits per heavy atom. The standard InChI is InChI=1S/C20H23N7.C5H11N/c1-3-5-8-22-19-17-7-6-16(27(17)25-12-24-19)14-9-13(4-2)18-15(10-14)11-23-20(21)26-18;1-2-4-6-5-3-1/h6-7,9-12H,3-5,8H2,1-2H3,(H2,21,23,26)(H,22,24,25);6H,1-5H2. The van der Waals surface area contributed by atoms with E-state index in [0.29, 0.717) is 5.95 Å². The lowest BCUT2D eigenvalue weighted by atomic mass is 10.0. The van der Waals surface area contributed by atoms with Crippen LogP contribution >= 0.6 is 0 Å². The number of nitrogen functional groups attached to an aromatic ring is 1. The van der Waals surface area contributed by atoms with Crippen molar-refractivity contribution in [2.24, 2.45) is 0 Å². The molecule has 0 bridgehead atoms. The summed E-state index contributed by atoms with van der Waals surface area (Å²) in [6.07, 6.45) is 10.7. The number of hydrogen-bond acceptors (Lipinski definition) is 7. The average Bonchev–Trinajstić information content (AvgIpc) is 3.30. The van der Waals surface area contributed by atoms with E-state index in [0.717, 1.165) is 64.9 Å². The zero-order valence-electron chi connectivity index (χ0n) is 19.6. The van der Waals surface area contributed by atoms with Crippen molar-refractivity contribution in [3.8, 4) is 11.3 Å². The van der Waals surface area contributed by atoms with Crippen LogP contribution in [0.25, 0.3) is 27.7 Å². The number of aryl methyl sites for hydroxylation is 1. The maximum Gasteiger partial charge on any atom is 0.220 e. The zero-order chi connectivity index (χ0) is 23.0. The van der Waals surface area contributed by atoms with Gasteiger partial charge in [0.1, 0.15) is 11.8 Å². The fraction of sp³-hybridized carbons (Fsp3) is 0.440. The molecular weight excluding hydrogens is 412 g/mol. The highest BCUT2D eigenvalue weighted by Gasteiger charge is 2.13. The average molecular weight is 447 g/mol. The molecule has 3 aromatic heterocycles. The monoisotopic (exact) mass is 446 g/mol. The molecule has 0 unspecified atom stereocenters. The maximum atomic E-state index is 5.77. The Kier molecular flexibility index (Phi) is 7.67. The first kappa shape index (κ1) is 22.9.